The second kappa shape index (κ2) is 12.0. The number of ether oxygens (including phenoxy) is 1. The number of rotatable bonds is 8. The molecule has 2 N–H and O–H groups in total. The highest BCUT2D eigenvalue weighted by molar-refractivity contribution is 5.97. The van der Waals surface area contributed by atoms with Crippen molar-refractivity contribution in [2.45, 2.75) is 76.8 Å². The van der Waals surface area contributed by atoms with Gasteiger partial charge >= 0.3 is 0 Å². The Morgan fingerprint density at radius 3 is 2.58 bits per heavy atom. The molecule has 0 bridgehead atoms. The predicted molar refractivity (Wildman–Crippen MR) is 158 cm³/mol. The van der Waals surface area contributed by atoms with E-state index in [1.807, 2.05) is 6.07 Å². The molecule has 1 aromatic heterocycles. The standard InChI is InChI=1S/C30H43N7O3/c1-30(2,20-36-15-8-5-9-16-36)34-28(39)21-12-13-23(25(18-21)40-4)32-29-31-19-24-27(33-29)37(22-10-6-7-11-22)17-14-26(38)35(24)3/h12-13,18-19,22H,5-11,14-17,20H2,1-4H3,(H,34,39)(H,31,32,33). The van der Waals surface area contributed by atoms with Crippen LogP contribution < -0.4 is 25.2 Å². The molecule has 1 saturated carbocycles. The van der Waals surface area contributed by atoms with Gasteiger partial charge in [0.15, 0.2) is 5.82 Å². The summed E-state index contributed by atoms with van der Waals surface area (Å²) >= 11 is 0. The Bertz CT molecular complexity index is 1220. The zero-order valence-corrected chi connectivity index (χ0v) is 24.3. The van der Waals surface area contributed by atoms with Gasteiger partial charge in [-0.05, 0) is 70.8 Å². The van der Waals surface area contributed by atoms with Crippen molar-refractivity contribution in [2.75, 3.05) is 55.5 Å². The summed E-state index contributed by atoms with van der Waals surface area (Å²) in [7, 11) is 3.37. The Morgan fingerprint density at radius 2 is 1.85 bits per heavy atom. The molecule has 1 aliphatic carbocycles. The molecule has 2 aromatic rings. The summed E-state index contributed by atoms with van der Waals surface area (Å²) in [5, 5.41) is 6.48. The number of likely N-dealkylation sites (tertiary alicyclic amines) is 1. The Balaban J connectivity index is 1.33. The third kappa shape index (κ3) is 6.32. The zero-order valence-electron chi connectivity index (χ0n) is 24.3. The van der Waals surface area contributed by atoms with Gasteiger partial charge in [0.1, 0.15) is 11.4 Å². The van der Waals surface area contributed by atoms with E-state index in [9.17, 15) is 9.59 Å². The molecule has 1 aromatic carbocycles. The minimum atomic E-state index is -0.353. The average Bonchev–Trinajstić information content (AvgIpc) is 3.44. The van der Waals surface area contributed by atoms with Crippen LogP contribution in [0.1, 0.15) is 75.6 Å². The van der Waals surface area contributed by atoms with Gasteiger partial charge < -0.3 is 30.1 Å². The molecule has 10 nitrogen and oxygen atoms in total. The number of methoxy groups -OCH3 is 1. The number of carbonyl (C=O) groups is 2. The summed E-state index contributed by atoms with van der Waals surface area (Å²) in [5.41, 5.74) is 1.57. The number of amides is 2. The smallest absolute Gasteiger partial charge is 0.251 e. The van der Waals surface area contributed by atoms with Gasteiger partial charge in [-0.3, -0.25) is 9.59 Å². The van der Waals surface area contributed by atoms with Crippen LogP contribution in [0, 0.1) is 0 Å². The van der Waals surface area contributed by atoms with Gasteiger partial charge in [-0.2, -0.15) is 4.98 Å². The summed E-state index contributed by atoms with van der Waals surface area (Å²) in [5.74, 6) is 1.67. The van der Waals surface area contributed by atoms with Gasteiger partial charge in [-0.15, -0.1) is 0 Å². The van der Waals surface area contributed by atoms with Gasteiger partial charge in [-0.1, -0.05) is 19.3 Å². The highest BCUT2D eigenvalue weighted by Crippen LogP contribution is 2.37. The van der Waals surface area contributed by atoms with Crippen LogP contribution in [0.25, 0.3) is 0 Å². The predicted octanol–water partition coefficient (Wildman–Crippen LogP) is 4.34. The van der Waals surface area contributed by atoms with Gasteiger partial charge in [0.2, 0.25) is 11.9 Å². The van der Waals surface area contributed by atoms with Crippen LogP contribution >= 0.6 is 0 Å². The first-order valence-electron chi connectivity index (χ1n) is 14.6. The summed E-state index contributed by atoms with van der Waals surface area (Å²) in [6.45, 7) is 7.79. The molecule has 10 heteroatoms. The number of piperidine rings is 1. The fourth-order valence-corrected chi connectivity index (χ4v) is 6.22. The average molecular weight is 550 g/mol. The lowest BCUT2D eigenvalue weighted by Gasteiger charge is -2.35. The van der Waals surface area contributed by atoms with E-state index >= 15 is 0 Å². The van der Waals surface area contributed by atoms with Crippen LogP contribution in [-0.2, 0) is 4.79 Å². The molecule has 40 heavy (non-hydrogen) atoms. The van der Waals surface area contributed by atoms with Crippen LogP contribution in [0.15, 0.2) is 24.4 Å². The van der Waals surface area contributed by atoms with E-state index in [-0.39, 0.29) is 17.4 Å². The first kappa shape index (κ1) is 28.1. The van der Waals surface area contributed by atoms with Crippen molar-refractivity contribution in [3.8, 4) is 5.75 Å². The molecule has 3 aliphatic rings. The number of carbonyl (C=O) groups excluding carboxylic acids is 2. The van der Waals surface area contributed by atoms with Crippen LogP contribution in [0.5, 0.6) is 5.75 Å². The largest absolute Gasteiger partial charge is 0.495 e. The molecule has 216 valence electrons. The monoisotopic (exact) mass is 549 g/mol. The Hall–Kier alpha value is -3.40. The zero-order chi connectivity index (χ0) is 28.3. The van der Waals surface area contributed by atoms with E-state index in [0.717, 1.165) is 44.0 Å². The molecule has 0 atom stereocenters. The van der Waals surface area contributed by atoms with Crippen molar-refractivity contribution in [1.82, 2.24) is 20.2 Å². The number of hydrogen-bond donors (Lipinski definition) is 2. The van der Waals surface area contributed by atoms with Gasteiger partial charge in [0.05, 0.1) is 19.0 Å². The van der Waals surface area contributed by atoms with Crippen LogP contribution in [-0.4, -0.2) is 78.6 Å². The molecule has 2 aliphatic heterocycles. The normalized spacial score (nSPS) is 18.9. The van der Waals surface area contributed by atoms with E-state index in [2.05, 4.69) is 39.3 Å². The van der Waals surface area contributed by atoms with E-state index < -0.39 is 0 Å². The molecule has 2 amide bonds. The first-order valence-corrected chi connectivity index (χ1v) is 14.6. The fraction of sp³-hybridized carbons (Fsp3) is 0.600. The van der Waals surface area contributed by atoms with E-state index in [4.69, 9.17) is 9.72 Å². The van der Waals surface area contributed by atoms with E-state index in [1.165, 1.54) is 32.1 Å². The van der Waals surface area contributed by atoms with Crippen LogP contribution in [0.2, 0.25) is 0 Å². The second-order valence-corrected chi connectivity index (χ2v) is 12.0. The highest BCUT2D eigenvalue weighted by atomic mass is 16.5. The van der Waals surface area contributed by atoms with Crippen molar-refractivity contribution in [3.05, 3.63) is 30.0 Å². The molecule has 0 spiro atoms. The second-order valence-electron chi connectivity index (χ2n) is 12.0. The number of nitrogens with one attached hydrogen (secondary N) is 2. The quantitative estimate of drug-likeness (QED) is 0.501. The SMILES string of the molecule is COc1cc(C(=O)NC(C)(C)CN2CCCCC2)ccc1Nc1ncc2c(n1)N(C1CCCC1)CCC(=O)N2C. The summed E-state index contributed by atoms with van der Waals surface area (Å²) in [4.78, 5) is 41.6. The van der Waals surface area contributed by atoms with E-state index in [1.54, 1.807) is 37.4 Å². The maximum absolute atomic E-state index is 13.2. The van der Waals surface area contributed by atoms with Crippen molar-refractivity contribution in [2.24, 2.45) is 0 Å². The van der Waals surface area contributed by atoms with Crippen molar-refractivity contribution < 1.29 is 14.3 Å². The first-order chi connectivity index (χ1) is 19.2. The van der Waals surface area contributed by atoms with Crippen molar-refractivity contribution >= 4 is 35.0 Å². The Kier molecular flexibility index (Phi) is 8.44. The topological polar surface area (TPSA) is 103 Å². The lowest BCUT2D eigenvalue weighted by Crippen LogP contribution is -2.52. The molecule has 0 unspecified atom stereocenters. The number of anilines is 4. The van der Waals surface area contributed by atoms with Crippen molar-refractivity contribution in [1.29, 1.82) is 0 Å². The molecular weight excluding hydrogens is 506 g/mol. The lowest BCUT2D eigenvalue weighted by molar-refractivity contribution is -0.118. The minimum absolute atomic E-state index is 0.0701. The molecule has 2 fully saturated rings. The molecule has 3 heterocycles. The molecular formula is C30H43N7O3. The fourth-order valence-electron chi connectivity index (χ4n) is 6.22. The maximum atomic E-state index is 13.2. The molecule has 5 rings (SSSR count). The van der Waals surface area contributed by atoms with E-state index in [0.29, 0.717) is 42.0 Å². The summed E-state index contributed by atoms with van der Waals surface area (Å²) < 4.78 is 5.66. The number of aromatic nitrogens is 2. The third-order valence-electron chi connectivity index (χ3n) is 8.32. The number of hydrogen-bond acceptors (Lipinski definition) is 8. The minimum Gasteiger partial charge on any atom is -0.495 e. The van der Waals surface area contributed by atoms with Gasteiger partial charge in [0, 0.05) is 43.7 Å². The van der Waals surface area contributed by atoms with Crippen LogP contribution in [0.4, 0.5) is 23.1 Å². The Labute approximate surface area is 237 Å². The number of fused-ring (bicyclic) bond motifs is 1. The van der Waals surface area contributed by atoms with Crippen LogP contribution in [0.3, 0.4) is 0 Å². The number of benzene rings is 1. The Morgan fingerprint density at radius 1 is 1.10 bits per heavy atom. The summed E-state index contributed by atoms with van der Waals surface area (Å²) in [6.07, 6.45) is 10.5. The lowest BCUT2D eigenvalue weighted by atomic mass is 10.0. The third-order valence-corrected chi connectivity index (χ3v) is 8.32. The molecule has 1 saturated heterocycles. The summed E-state index contributed by atoms with van der Waals surface area (Å²) in [6, 6.07) is 5.74. The number of nitrogens with zero attached hydrogens (tertiary/aromatic N) is 5. The maximum Gasteiger partial charge on any atom is 0.251 e. The van der Waals surface area contributed by atoms with Crippen molar-refractivity contribution in [3.63, 3.8) is 0 Å². The molecule has 0 radical (unpaired) electrons. The van der Waals surface area contributed by atoms with Gasteiger partial charge in [0.25, 0.3) is 5.91 Å². The van der Waals surface area contributed by atoms with Gasteiger partial charge in [-0.25, -0.2) is 4.98 Å². The highest BCUT2D eigenvalue weighted by Gasteiger charge is 2.32.